The van der Waals surface area contributed by atoms with Crippen molar-refractivity contribution in [3.8, 4) is 0 Å². The molecule has 8 nitrogen and oxygen atoms in total. The number of hydrogen-bond acceptors (Lipinski definition) is 7. The first-order chi connectivity index (χ1) is 15.0. The van der Waals surface area contributed by atoms with Gasteiger partial charge in [0.1, 0.15) is 11.3 Å². The first kappa shape index (κ1) is 19.7. The van der Waals surface area contributed by atoms with Crippen molar-refractivity contribution < 1.29 is 0 Å². The maximum Gasteiger partial charge on any atom is 0.228 e. The minimum absolute atomic E-state index is 0.295. The smallest absolute Gasteiger partial charge is 0.228 e. The van der Waals surface area contributed by atoms with E-state index in [1.165, 1.54) is 5.69 Å². The predicted octanol–water partition coefficient (Wildman–Crippen LogP) is 3.73. The summed E-state index contributed by atoms with van der Waals surface area (Å²) in [5, 5.41) is 7.69. The van der Waals surface area contributed by atoms with Crippen LogP contribution < -0.4 is 15.5 Å². The third-order valence-electron chi connectivity index (χ3n) is 5.89. The fourth-order valence-electron chi connectivity index (χ4n) is 4.30. The molecule has 4 aromatic rings. The van der Waals surface area contributed by atoms with Crippen LogP contribution in [0.4, 0.5) is 17.5 Å². The number of benzene rings is 1. The number of rotatable bonds is 4. The van der Waals surface area contributed by atoms with Crippen molar-refractivity contribution in [2.24, 2.45) is 0 Å². The molecule has 1 saturated heterocycles. The summed E-state index contributed by atoms with van der Waals surface area (Å²) in [5.74, 6) is 1.28. The molecule has 1 aliphatic rings. The van der Waals surface area contributed by atoms with Gasteiger partial charge >= 0.3 is 0 Å². The second kappa shape index (κ2) is 7.77. The lowest BCUT2D eigenvalue weighted by Crippen LogP contribution is -2.43. The number of hydrogen-bond donors (Lipinski definition) is 2. The predicted molar refractivity (Wildman–Crippen MR) is 125 cm³/mol. The summed E-state index contributed by atoms with van der Waals surface area (Å²) in [7, 11) is 0. The molecular weight excluding hydrogens is 388 g/mol. The fraction of sp³-hybridized carbons (Fsp3) is 0.391. The molecule has 0 spiro atoms. The Balaban J connectivity index is 1.51. The van der Waals surface area contributed by atoms with Crippen LogP contribution in [0.1, 0.15) is 31.1 Å². The summed E-state index contributed by atoms with van der Waals surface area (Å²) in [4.78, 5) is 21.2. The number of imidazole rings is 1. The van der Waals surface area contributed by atoms with Crippen LogP contribution >= 0.6 is 0 Å². The highest BCUT2D eigenvalue weighted by molar-refractivity contribution is 6.03. The monoisotopic (exact) mass is 416 g/mol. The molecule has 0 saturated carbocycles. The van der Waals surface area contributed by atoms with Gasteiger partial charge in [-0.1, -0.05) is 0 Å². The van der Waals surface area contributed by atoms with E-state index in [0.29, 0.717) is 12.0 Å². The molecule has 160 valence electrons. The van der Waals surface area contributed by atoms with Gasteiger partial charge in [-0.2, -0.15) is 0 Å². The van der Waals surface area contributed by atoms with Crippen LogP contribution in [0, 0.1) is 13.8 Å². The lowest BCUT2D eigenvalue weighted by atomic mass is 10.1. The maximum absolute atomic E-state index is 4.86. The molecule has 1 aliphatic heterocycles. The van der Waals surface area contributed by atoms with Gasteiger partial charge in [0.25, 0.3) is 0 Å². The molecule has 0 unspecified atom stereocenters. The van der Waals surface area contributed by atoms with Gasteiger partial charge in [0.05, 0.1) is 28.7 Å². The van der Waals surface area contributed by atoms with Gasteiger partial charge in [0.15, 0.2) is 0 Å². The molecule has 0 radical (unpaired) electrons. The highest BCUT2D eigenvalue weighted by Gasteiger charge is 2.16. The molecule has 0 bridgehead atoms. The van der Waals surface area contributed by atoms with Gasteiger partial charge < -0.3 is 20.1 Å². The Morgan fingerprint density at radius 2 is 1.84 bits per heavy atom. The zero-order chi connectivity index (χ0) is 21.5. The Morgan fingerprint density at radius 3 is 2.58 bits per heavy atom. The summed E-state index contributed by atoms with van der Waals surface area (Å²) >= 11 is 0. The van der Waals surface area contributed by atoms with Crippen molar-refractivity contribution in [3.63, 3.8) is 0 Å². The van der Waals surface area contributed by atoms with E-state index in [1.807, 2.05) is 18.6 Å². The molecule has 0 aliphatic carbocycles. The Hall–Kier alpha value is -3.26. The van der Waals surface area contributed by atoms with Gasteiger partial charge in [-0.15, -0.1) is 0 Å². The topological polar surface area (TPSA) is 83.8 Å². The standard InChI is InChI=1S/C23H28N8/c1-14(2)31-13-26-20-15(3)11-17-12-25-23(29-21(17)22(20)31)28-19-6-5-18(16(4)27-19)30-9-7-24-8-10-30/h5-6,11-14,24H,7-10H2,1-4H3,(H,25,27,28,29). The van der Waals surface area contributed by atoms with E-state index in [4.69, 9.17) is 9.97 Å². The first-order valence-electron chi connectivity index (χ1n) is 10.8. The summed E-state index contributed by atoms with van der Waals surface area (Å²) in [6.45, 7) is 12.5. The SMILES string of the molecule is Cc1nc(Nc2ncc3cc(C)c4ncn(C(C)C)c4c3n2)ccc1N1CCNCC1. The van der Waals surface area contributed by atoms with Gasteiger partial charge in [0, 0.05) is 43.8 Å². The van der Waals surface area contributed by atoms with Gasteiger partial charge in [-0.3, -0.25) is 0 Å². The molecule has 1 aromatic carbocycles. The number of nitrogens with one attached hydrogen (secondary N) is 2. The van der Waals surface area contributed by atoms with E-state index < -0.39 is 0 Å². The molecule has 31 heavy (non-hydrogen) atoms. The lowest BCUT2D eigenvalue weighted by Gasteiger charge is -2.30. The van der Waals surface area contributed by atoms with Crippen LogP contribution in [0.2, 0.25) is 0 Å². The van der Waals surface area contributed by atoms with Crippen molar-refractivity contribution in [1.29, 1.82) is 0 Å². The number of aryl methyl sites for hydroxylation is 2. The van der Waals surface area contributed by atoms with Crippen LogP contribution in [0.5, 0.6) is 0 Å². The number of fused-ring (bicyclic) bond motifs is 3. The molecule has 8 heteroatoms. The lowest BCUT2D eigenvalue weighted by molar-refractivity contribution is 0.588. The molecular formula is C23H28N8. The summed E-state index contributed by atoms with van der Waals surface area (Å²) in [5.41, 5.74) is 6.26. The van der Waals surface area contributed by atoms with Crippen LogP contribution in [0.3, 0.4) is 0 Å². The number of piperazine rings is 1. The van der Waals surface area contributed by atoms with Crippen LogP contribution in [0.25, 0.3) is 21.9 Å². The largest absolute Gasteiger partial charge is 0.368 e. The van der Waals surface area contributed by atoms with E-state index in [9.17, 15) is 0 Å². The Labute approximate surface area is 181 Å². The minimum atomic E-state index is 0.295. The van der Waals surface area contributed by atoms with Crippen LogP contribution in [-0.2, 0) is 0 Å². The van der Waals surface area contributed by atoms with Crippen molar-refractivity contribution >= 4 is 39.4 Å². The molecule has 4 heterocycles. The second-order valence-corrected chi connectivity index (χ2v) is 8.43. The number of pyridine rings is 1. The Kier molecular flexibility index (Phi) is 4.94. The van der Waals surface area contributed by atoms with E-state index in [0.717, 1.165) is 65.2 Å². The zero-order valence-electron chi connectivity index (χ0n) is 18.5. The molecule has 3 aromatic heterocycles. The van der Waals surface area contributed by atoms with Gasteiger partial charge in [-0.25, -0.2) is 19.9 Å². The average Bonchev–Trinajstić information content (AvgIpc) is 3.22. The average molecular weight is 417 g/mol. The van der Waals surface area contributed by atoms with E-state index >= 15 is 0 Å². The van der Waals surface area contributed by atoms with Crippen molar-refractivity contribution in [2.45, 2.75) is 33.7 Å². The normalized spacial score (nSPS) is 14.7. The minimum Gasteiger partial charge on any atom is -0.368 e. The Morgan fingerprint density at radius 1 is 1.03 bits per heavy atom. The number of aromatic nitrogens is 5. The molecule has 2 N–H and O–H groups in total. The second-order valence-electron chi connectivity index (χ2n) is 8.43. The highest BCUT2D eigenvalue weighted by atomic mass is 15.2. The van der Waals surface area contributed by atoms with E-state index in [1.54, 1.807) is 0 Å². The zero-order valence-corrected chi connectivity index (χ0v) is 18.5. The molecule has 5 rings (SSSR count). The third kappa shape index (κ3) is 3.57. The Bertz CT molecular complexity index is 1250. The molecule has 1 fully saturated rings. The fourth-order valence-corrected chi connectivity index (χ4v) is 4.30. The maximum atomic E-state index is 4.86. The van der Waals surface area contributed by atoms with Crippen LogP contribution in [0.15, 0.2) is 30.7 Å². The van der Waals surface area contributed by atoms with Gasteiger partial charge in [-0.05, 0) is 51.5 Å². The number of nitrogens with zero attached hydrogens (tertiary/aromatic N) is 6. The van der Waals surface area contributed by atoms with Crippen molar-refractivity contribution in [3.05, 3.63) is 42.0 Å². The summed E-state index contributed by atoms with van der Waals surface area (Å²) in [6.07, 6.45) is 3.77. The third-order valence-corrected chi connectivity index (χ3v) is 5.89. The summed E-state index contributed by atoms with van der Waals surface area (Å²) < 4.78 is 2.17. The number of anilines is 3. The molecule has 0 atom stereocenters. The van der Waals surface area contributed by atoms with Crippen molar-refractivity contribution in [2.75, 3.05) is 36.4 Å². The van der Waals surface area contributed by atoms with Crippen molar-refractivity contribution in [1.82, 2.24) is 29.8 Å². The molecule has 0 amide bonds. The van der Waals surface area contributed by atoms with Gasteiger partial charge in [0.2, 0.25) is 5.95 Å². The van der Waals surface area contributed by atoms with Crippen LogP contribution in [-0.4, -0.2) is 50.7 Å². The van der Waals surface area contributed by atoms with E-state index in [-0.39, 0.29) is 0 Å². The first-order valence-corrected chi connectivity index (χ1v) is 10.8. The van der Waals surface area contributed by atoms with E-state index in [2.05, 4.69) is 69.9 Å². The summed E-state index contributed by atoms with van der Waals surface area (Å²) in [6, 6.07) is 6.53. The highest BCUT2D eigenvalue weighted by Crippen LogP contribution is 2.29. The quantitative estimate of drug-likeness (QED) is 0.524.